The molecule has 104 valence electrons. The van der Waals surface area contributed by atoms with Gasteiger partial charge >= 0.3 is 6.18 Å². The second kappa shape index (κ2) is 4.92. The van der Waals surface area contributed by atoms with E-state index in [1.165, 1.54) is 0 Å². The Hall–Kier alpha value is -1.43. The third-order valence-corrected chi connectivity index (χ3v) is 3.27. The highest BCUT2D eigenvalue weighted by atomic mass is 19.4. The highest BCUT2D eigenvalue weighted by Crippen LogP contribution is 2.32. The summed E-state index contributed by atoms with van der Waals surface area (Å²) in [5, 5.41) is 0. The molecule has 2 unspecified atom stereocenters. The highest BCUT2D eigenvalue weighted by Gasteiger charge is 2.36. The summed E-state index contributed by atoms with van der Waals surface area (Å²) in [5.74, 6) is -2.22. The molecule has 6 heteroatoms. The van der Waals surface area contributed by atoms with Gasteiger partial charge in [0.15, 0.2) is 5.78 Å². The van der Waals surface area contributed by atoms with Crippen LogP contribution in [0.5, 0.6) is 0 Å². The fraction of sp³-hybridized carbons (Fsp3) is 0.462. The maximum atomic E-state index is 13.4. The average molecular weight is 276 g/mol. The van der Waals surface area contributed by atoms with Crippen molar-refractivity contribution in [2.24, 2.45) is 5.92 Å². The van der Waals surface area contributed by atoms with Crippen molar-refractivity contribution in [2.45, 2.75) is 25.6 Å². The van der Waals surface area contributed by atoms with Crippen LogP contribution in [0.15, 0.2) is 18.2 Å². The lowest BCUT2D eigenvalue weighted by Crippen LogP contribution is -2.22. The number of halogens is 4. The van der Waals surface area contributed by atoms with Crippen molar-refractivity contribution >= 4 is 5.78 Å². The first-order valence-electron chi connectivity index (χ1n) is 5.83. The third-order valence-electron chi connectivity index (χ3n) is 3.27. The van der Waals surface area contributed by atoms with Crippen molar-refractivity contribution < 1.29 is 27.1 Å². The van der Waals surface area contributed by atoms with Crippen LogP contribution < -0.4 is 0 Å². The van der Waals surface area contributed by atoms with E-state index >= 15 is 0 Å². The molecule has 1 aliphatic rings. The van der Waals surface area contributed by atoms with Crippen LogP contribution in [0.25, 0.3) is 0 Å². The zero-order valence-corrected chi connectivity index (χ0v) is 10.1. The molecule has 2 rings (SSSR count). The number of benzene rings is 1. The van der Waals surface area contributed by atoms with Crippen molar-refractivity contribution in [1.82, 2.24) is 0 Å². The lowest BCUT2D eigenvalue weighted by molar-refractivity contribution is -0.140. The number of carbonyl (C=O) groups is 1. The number of Topliss-reactive ketones (excluding diaryl/α,β-unsaturated/α-hetero) is 1. The van der Waals surface area contributed by atoms with Gasteiger partial charge in [-0.1, -0.05) is 6.07 Å². The Morgan fingerprint density at radius 1 is 1.37 bits per heavy atom. The van der Waals surface area contributed by atoms with Crippen LogP contribution in [0.4, 0.5) is 17.6 Å². The Kier molecular flexibility index (Phi) is 3.62. The second-order valence-corrected chi connectivity index (χ2v) is 4.53. The number of ether oxygens (including phenoxy) is 1. The van der Waals surface area contributed by atoms with Gasteiger partial charge in [-0.15, -0.1) is 0 Å². The maximum absolute atomic E-state index is 13.4. The first-order chi connectivity index (χ1) is 8.80. The SMILES string of the molecule is CC1OCCC1C(=O)c1ccc(C(F)(F)F)c(F)c1. The van der Waals surface area contributed by atoms with E-state index in [-0.39, 0.29) is 17.5 Å². The summed E-state index contributed by atoms with van der Waals surface area (Å²) in [6.45, 7) is 2.15. The van der Waals surface area contributed by atoms with Crippen LogP contribution in [-0.2, 0) is 10.9 Å². The number of alkyl halides is 3. The summed E-state index contributed by atoms with van der Waals surface area (Å²) in [6.07, 6.45) is -4.55. The van der Waals surface area contributed by atoms with Crippen molar-refractivity contribution in [1.29, 1.82) is 0 Å². The van der Waals surface area contributed by atoms with E-state index in [4.69, 9.17) is 4.74 Å². The molecule has 1 heterocycles. The summed E-state index contributed by atoms with van der Waals surface area (Å²) < 4.78 is 55.8. The molecule has 1 aromatic carbocycles. The Morgan fingerprint density at radius 3 is 2.53 bits per heavy atom. The standard InChI is InChI=1S/C13H12F4O2/c1-7-9(4-5-19-7)12(18)8-2-3-10(11(14)6-8)13(15,16)17/h2-3,6-7,9H,4-5H2,1H3. The van der Waals surface area contributed by atoms with Gasteiger partial charge in [0.05, 0.1) is 17.6 Å². The first kappa shape index (κ1) is 14.0. The molecule has 0 N–H and O–H groups in total. The van der Waals surface area contributed by atoms with Gasteiger partial charge in [0.2, 0.25) is 0 Å². The van der Waals surface area contributed by atoms with Gasteiger partial charge in [-0.2, -0.15) is 13.2 Å². The minimum Gasteiger partial charge on any atom is -0.378 e. The minimum atomic E-state index is -4.75. The van der Waals surface area contributed by atoms with Crippen LogP contribution in [0.2, 0.25) is 0 Å². The van der Waals surface area contributed by atoms with E-state index in [1.54, 1.807) is 6.92 Å². The van der Waals surface area contributed by atoms with Crippen molar-refractivity contribution in [3.8, 4) is 0 Å². The molecular formula is C13H12F4O2. The Morgan fingerprint density at radius 2 is 2.05 bits per heavy atom. The normalized spacial score (nSPS) is 23.6. The molecule has 19 heavy (non-hydrogen) atoms. The lowest BCUT2D eigenvalue weighted by Gasteiger charge is -2.14. The fourth-order valence-electron chi connectivity index (χ4n) is 2.19. The number of carbonyl (C=O) groups excluding carboxylic acids is 1. The summed E-state index contributed by atoms with van der Waals surface area (Å²) in [7, 11) is 0. The smallest absolute Gasteiger partial charge is 0.378 e. The van der Waals surface area contributed by atoms with Crippen molar-refractivity contribution in [3.05, 3.63) is 35.1 Å². The summed E-state index contributed by atoms with van der Waals surface area (Å²) in [6, 6.07) is 2.26. The average Bonchev–Trinajstić information content (AvgIpc) is 2.72. The number of hydrogen-bond donors (Lipinski definition) is 0. The predicted molar refractivity (Wildman–Crippen MR) is 59.3 cm³/mol. The van der Waals surface area contributed by atoms with Crippen LogP contribution in [0.1, 0.15) is 29.3 Å². The van der Waals surface area contributed by atoms with Crippen molar-refractivity contribution in [2.75, 3.05) is 6.61 Å². The first-order valence-corrected chi connectivity index (χ1v) is 5.83. The molecule has 2 atom stereocenters. The monoisotopic (exact) mass is 276 g/mol. The summed E-state index contributed by atoms with van der Waals surface area (Å²) in [5.41, 5.74) is -1.41. The second-order valence-electron chi connectivity index (χ2n) is 4.53. The highest BCUT2D eigenvalue weighted by molar-refractivity contribution is 5.98. The van der Waals surface area contributed by atoms with Gasteiger partial charge in [-0.25, -0.2) is 4.39 Å². The van der Waals surface area contributed by atoms with E-state index in [9.17, 15) is 22.4 Å². The molecule has 0 amide bonds. The van der Waals surface area contributed by atoms with Gasteiger partial charge in [0.1, 0.15) is 5.82 Å². The van der Waals surface area contributed by atoms with E-state index < -0.39 is 23.5 Å². The molecular weight excluding hydrogens is 264 g/mol. The fourth-order valence-corrected chi connectivity index (χ4v) is 2.19. The molecule has 0 aromatic heterocycles. The van der Waals surface area contributed by atoms with Gasteiger partial charge < -0.3 is 4.74 Å². The van der Waals surface area contributed by atoms with E-state index in [0.29, 0.717) is 25.2 Å². The Balaban J connectivity index is 2.27. The van der Waals surface area contributed by atoms with E-state index in [0.717, 1.165) is 6.07 Å². The molecule has 0 radical (unpaired) electrons. The predicted octanol–water partition coefficient (Wildman–Crippen LogP) is 3.45. The molecule has 1 aromatic rings. The third kappa shape index (κ3) is 2.78. The molecule has 0 spiro atoms. The number of rotatable bonds is 2. The van der Waals surface area contributed by atoms with Gasteiger partial charge in [-0.05, 0) is 25.5 Å². The largest absolute Gasteiger partial charge is 0.419 e. The molecule has 1 saturated heterocycles. The summed E-state index contributed by atoms with van der Waals surface area (Å²) in [4.78, 5) is 12.0. The van der Waals surface area contributed by atoms with E-state index in [2.05, 4.69) is 0 Å². The summed E-state index contributed by atoms with van der Waals surface area (Å²) >= 11 is 0. The quantitative estimate of drug-likeness (QED) is 0.611. The molecule has 0 bridgehead atoms. The molecule has 0 aliphatic carbocycles. The number of hydrogen-bond acceptors (Lipinski definition) is 2. The van der Waals surface area contributed by atoms with Crippen LogP contribution >= 0.6 is 0 Å². The van der Waals surface area contributed by atoms with Crippen molar-refractivity contribution in [3.63, 3.8) is 0 Å². The zero-order valence-electron chi connectivity index (χ0n) is 10.1. The zero-order chi connectivity index (χ0) is 14.2. The molecule has 0 saturated carbocycles. The van der Waals surface area contributed by atoms with Crippen LogP contribution in [-0.4, -0.2) is 18.5 Å². The topological polar surface area (TPSA) is 26.3 Å². The lowest BCUT2D eigenvalue weighted by atomic mass is 9.92. The molecule has 1 aliphatic heterocycles. The Bertz CT molecular complexity index is 496. The van der Waals surface area contributed by atoms with Crippen LogP contribution in [0.3, 0.4) is 0 Å². The maximum Gasteiger partial charge on any atom is 0.419 e. The Labute approximate surface area is 107 Å². The van der Waals surface area contributed by atoms with Gasteiger partial charge in [0, 0.05) is 12.2 Å². The minimum absolute atomic E-state index is 0.0483. The molecule has 2 nitrogen and oxygen atoms in total. The number of ketones is 1. The molecule has 1 fully saturated rings. The van der Waals surface area contributed by atoms with Gasteiger partial charge in [0.25, 0.3) is 0 Å². The van der Waals surface area contributed by atoms with E-state index in [1.807, 2.05) is 0 Å². The van der Waals surface area contributed by atoms with Crippen LogP contribution in [0, 0.1) is 11.7 Å². The van der Waals surface area contributed by atoms with Gasteiger partial charge in [-0.3, -0.25) is 4.79 Å².